The molecule has 0 radical (unpaired) electrons. The van der Waals surface area contributed by atoms with Crippen LogP contribution in [0.4, 0.5) is 18.9 Å². The summed E-state index contributed by atoms with van der Waals surface area (Å²) in [5, 5.41) is 0.202. The van der Waals surface area contributed by atoms with E-state index < -0.39 is 11.7 Å². The quantitative estimate of drug-likeness (QED) is 0.746. The van der Waals surface area contributed by atoms with E-state index >= 15 is 0 Å². The fourth-order valence-electron chi connectivity index (χ4n) is 1.46. The molecule has 0 saturated heterocycles. The van der Waals surface area contributed by atoms with Crippen molar-refractivity contribution in [1.82, 2.24) is 0 Å². The van der Waals surface area contributed by atoms with E-state index in [0.29, 0.717) is 5.69 Å². The molecule has 0 bridgehead atoms. The van der Waals surface area contributed by atoms with E-state index in [1.807, 2.05) is 18.7 Å². The summed E-state index contributed by atoms with van der Waals surface area (Å²) in [6, 6.07) is 4.60. The average Bonchev–Trinajstić information content (AvgIpc) is 2.25. The minimum absolute atomic E-state index is 0.158. The Kier molecular flexibility index (Phi) is 4.47. The fraction of sp³-hybridized carbons (Fsp3) is 0.500. The second-order valence-electron chi connectivity index (χ2n) is 4.18. The minimum atomic E-state index is -4.31. The van der Waals surface area contributed by atoms with Crippen LogP contribution in [0.2, 0.25) is 0 Å². The summed E-state index contributed by atoms with van der Waals surface area (Å²) in [5.41, 5.74) is 0.273. The topological polar surface area (TPSA) is 3.24 Å². The highest BCUT2D eigenvalue weighted by Gasteiger charge is 2.33. The molecule has 5 heteroatoms. The largest absolute Gasteiger partial charge is 0.416 e. The predicted molar refractivity (Wildman–Crippen MR) is 67.6 cm³/mol. The third kappa shape index (κ3) is 3.37. The standard InChI is InChI=1S/C12H15BrF3N/c1-8(2)17(3)10-5-4-9(7-13)11(6-10)12(14,15)16/h4-6,8H,7H2,1-3H3. The highest BCUT2D eigenvalue weighted by Crippen LogP contribution is 2.35. The number of halogens is 4. The van der Waals surface area contributed by atoms with Crippen molar-refractivity contribution in [3.63, 3.8) is 0 Å². The molecule has 0 heterocycles. The summed E-state index contributed by atoms with van der Waals surface area (Å²) in [6.45, 7) is 3.87. The smallest absolute Gasteiger partial charge is 0.372 e. The lowest BCUT2D eigenvalue weighted by Crippen LogP contribution is -2.26. The Morgan fingerprint density at radius 3 is 2.29 bits per heavy atom. The second-order valence-corrected chi connectivity index (χ2v) is 4.74. The van der Waals surface area contributed by atoms with Gasteiger partial charge in [-0.05, 0) is 31.5 Å². The zero-order valence-electron chi connectivity index (χ0n) is 9.98. The van der Waals surface area contributed by atoms with Crippen LogP contribution >= 0.6 is 15.9 Å². The molecule has 1 aromatic rings. The van der Waals surface area contributed by atoms with Gasteiger partial charge in [-0.15, -0.1) is 0 Å². The molecule has 1 rings (SSSR count). The van der Waals surface area contributed by atoms with Crippen molar-refractivity contribution < 1.29 is 13.2 Å². The Labute approximate surface area is 108 Å². The van der Waals surface area contributed by atoms with Gasteiger partial charge < -0.3 is 4.90 Å². The monoisotopic (exact) mass is 309 g/mol. The summed E-state index contributed by atoms with van der Waals surface area (Å²) in [5.74, 6) is 0. The molecule has 0 aliphatic rings. The van der Waals surface area contributed by atoms with Gasteiger partial charge in [0.05, 0.1) is 5.56 Å². The Balaban J connectivity index is 3.23. The summed E-state index contributed by atoms with van der Waals surface area (Å²) >= 11 is 3.08. The van der Waals surface area contributed by atoms with E-state index in [1.165, 1.54) is 12.1 Å². The summed E-state index contributed by atoms with van der Waals surface area (Å²) in [4.78, 5) is 1.81. The Hall–Kier alpha value is -0.710. The first-order valence-electron chi connectivity index (χ1n) is 5.26. The van der Waals surface area contributed by atoms with Gasteiger partial charge in [-0.2, -0.15) is 13.2 Å². The van der Waals surface area contributed by atoms with E-state index in [9.17, 15) is 13.2 Å². The Morgan fingerprint density at radius 2 is 1.88 bits per heavy atom. The number of rotatable bonds is 3. The van der Waals surface area contributed by atoms with Gasteiger partial charge in [0.15, 0.2) is 0 Å². The van der Waals surface area contributed by atoms with Crippen LogP contribution in [0.5, 0.6) is 0 Å². The number of hydrogen-bond donors (Lipinski definition) is 0. The first kappa shape index (κ1) is 14.4. The van der Waals surface area contributed by atoms with E-state index in [1.54, 1.807) is 13.1 Å². The molecule has 0 fully saturated rings. The van der Waals surface area contributed by atoms with Gasteiger partial charge in [-0.25, -0.2) is 0 Å². The van der Waals surface area contributed by atoms with Crippen LogP contribution in [0.15, 0.2) is 18.2 Å². The maximum absolute atomic E-state index is 12.8. The van der Waals surface area contributed by atoms with Crippen LogP contribution in [-0.4, -0.2) is 13.1 Å². The van der Waals surface area contributed by atoms with Gasteiger partial charge in [0.25, 0.3) is 0 Å². The molecular formula is C12H15BrF3N. The van der Waals surface area contributed by atoms with Crippen LogP contribution in [0.3, 0.4) is 0 Å². The van der Waals surface area contributed by atoms with Gasteiger partial charge >= 0.3 is 6.18 Å². The van der Waals surface area contributed by atoms with E-state index in [0.717, 1.165) is 0 Å². The molecule has 0 aromatic heterocycles. The molecule has 0 amide bonds. The van der Waals surface area contributed by atoms with Crippen molar-refractivity contribution in [1.29, 1.82) is 0 Å². The highest BCUT2D eigenvalue weighted by molar-refractivity contribution is 9.08. The first-order valence-corrected chi connectivity index (χ1v) is 6.38. The van der Waals surface area contributed by atoms with Crippen LogP contribution < -0.4 is 4.90 Å². The van der Waals surface area contributed by atoms with Crippen molar-refractivity contribution in [3.05, 3.63) is 29.3 Å². The predicted octanol–water partition coefficient (Wildman–Crippen LogP) is 4.44. The van der Waals surface area contributed by atoms with Crippen molar-refractivity contribution in [3.8, 4) is 0 Å². The van der Waals surface area contributed by atoms with Crippen molar-refractivity contribution in [2.45, 2.75) is 31.4 Å². The van der Waals surface area contributed by atoms with Gasteiger partial charge in [0.2, 0.25) is 0 Å². The maximum Gasteiger partial charge on any atom is 0.416 e. The molecule has 0 N–H and O–H groups in total. The van der Waals surface area contributed by atoms with E-state index in [2.05, 4.69) is 15.9 Å². The molecule has 0 aliphatic carbocycles. The molecule has 0 aliphatic heterocycles. The molecule has 0 unspecified atom stereocenters. The number of benzene rings is 1. The van der Waals surface area contributed by atoms with E-state index in [-0.39, 0.29) is 16.9 Å². The lowest BCUT2D eigenvalue weighted by atomic mass is 10.1. The zero-order valence-corrected chi connectivity index (χ0v) is 11.6. The fourth-order valence-corrected chi connectivity index (χ4v) is 1.95. The van der Waals surface area contributed by atoms with Gasteiger partial charge in [-0.1, -0.05) is 22.0 Å². The van der Waals surface area contributed by atoms with Crippen molar-refractivity contribution >= 4 is 21.6 Å². The molecular weight excluding hydrogens is 295 g/mol. The van der Waals surface area contributed by atoms with Gasteiger partial charge in [0.1, 0.15) is 0 Å². The minimum Gasteiger partial charge on any atom is -0.372 e. The van der Waals surface area contributed by atoms with E-state index in [4.69, 9.17) is 0 Å². The SMILES string of the molecule is CC(C)N(C)c1ccc(CBr)c(C(F)(F)F)c1. The number of hydrogen-bond acceptors (Lipinski definition) is 1. The molecule has 17 heavy (non-hydrogen) atoms. The summed E-state index contributed by atoms with van der Waals surface area (Å²) in [6.07, 6.45) is -4.31. The normalized spacial score (nSPS) is 12.0. The molecule has 1 aromatic carbocycles. The van der Waals surface area contributed by atoms with Crippen molar-refractivity contribution in [2.24, 2.45) is 0 Å². The number of anilines is 1. The first-order chi connectivity index (χ1) is 7.77. The van der Waals surface area contributed by atoms with Gasteiger partial charge in [-0.3, -0.25) is 0 Å². The summed E-state index contributed by atoms with van der Waals surface area (Å²) < 4.78 is 38.5. The number of nitrogens with zero attached hydrogens (tertiary/aromatic N) is 1. The second kappa shape index (κ2) is 5.29. The molecule has 1 nitrogen and oxygen atoms in total. The molecule has 0 atom stereocenters. The van der Waals surface area contributed by atoms with Crippen LogP contribution in [0.1, 0.15) is 25.0 Å². The third-order valence-corrected chi connectivity index (χ3v) is 3.33. The molecule has 0 saturated carbocycles. The zero-order chi connectivity index (χ0) is 13.2. The Morgan fingerprint density at radius 1 is 1.29 bits per heavy atom. The number of alkyl halides is 4. The average molecular weight is 310 g/mol. The van der Waals surface area contributed by atoms with Crippen LogP contribution in [0.25, 0.3) is 0 Å². The maximum atomic E-state index is 12.8. The lowest BCUT2D eigenvalue weighted by Gasteiger charge is -2.25. The third-order valence-electron chi connectivity index (χ3n) is 2.72. The van der Waals surface area contributed by atoms with Crippen LogP contribution in [-0.2, 0) is 11.5 Å². The lowest BCUT2D eigenvalue weighted by molar-refractivity contribution is -0.138. The van der Waals surface area contributed by atoms with Crippen LogP contribution in [0, 0.1) is 0 Å². The summed E-state index contributed by atoms with van der Waals surface area (Å²) in [7, 11) is 1.79. The molecule has 0 spiro atoms. The van der Waals surface area contributed by atoms with Gasteiger partial charge in [0, 0.05) is 24.1 Å². The highest BCUT2D eigenvalue weighted by atomic mass is 79.9. The molecule has 96 valence electrons. The van der Waals surface area contributed by atoms with Crippen molar-refractivity contribution in [2.75, 3.05) is 11.9 Å². The Bertz CT molecular complexity index is 388.